The summed E-state index contributed by atoms with van der Waals surface area (Å²) in [6, 6.07) is 40.1. The van der Waals surface area contributed by atoms with Gasteiger partial charge in [0.1, 0.15) is 5.58 Å². The number of benzene rings is 5. The van der Waals surface area contributed by atoms with E-state index in [9.17, 15) is 0 Å². The van der Waals surface area contributed by atoms with Gasteiger partial charge in [0.15, 0.2) is 11.6 Å². The van der Waals surface area contributed by atoms with Crippen LogP contribution in [0.15, 0.2) is 120 Å². The van der Waals surface area contributed by atoms with E-state index >= 15 is 0 Å². The van der Waals surface area contributed by atoms with Gasteiger partial charge in [-0.3, -0.25) is 4.57 Å². The lowest BCUT2D eigenvalue weighted by Crippen LogP contribution is -2.01. The van der Waals surface area contributed by atoms with Crippen molar-refractivity contribution in [1.82, 2.24) is 14.5 Å². The topological polar surface area (TPSA) is 43.9 Å². The number of furan rings is 1. The molecule has 0 saturated carbocycles. The number of hydrogen-bond acceptors (Lipinski definition) is 4. The maximum absolute atomic E-state index is 6.33. The molecular formula is C34H19N3OS. The van der Waals surface area contributed by atoms with Crippen LogP contribution in [0.3, 0.4) is 0 Å². The average molecular weight is 518 g/mol. The van der Waals surface area contributed by atoms with E-state index in [1.807, 2.05) is 59.9 Å². The van der Waals surface area contributed by atoms with Crippen LogP contribution in [0.25, 0.3) is 81.3 Å². The minimum atomic E-state index is 0.591. The summed E-state index contributed by atoms with van der Waals surface area (Å²) in [5, 5.41) is 6.98. The van der Waals surface area contributed by atoms with Crippen molar-refractivity contribution in [2.45, 2.75) is 0 Å². The minimum absolute atomic E-state index is 0.591. The Morgan fingerprint density at radius 2 is 1.28 bits per heavy atom. The van der Waals surface area contributed by atoms with Crippen molar-refractivity contribution in [2.24, 2.45) is 0 Å². The highest BCUT2D eigenvalue weighted by atomic mass is 32.1. The maximum atomic E-state index is 6.33. The molecule has 0 aliphatic rings. The molecule has 182 valence electrons. The van der Waals surface area contributed by atoms with Crippen LogP contribution < -0.4 is 0 Å². The van der Waals surface area contributed by atoms with Crippen LogP contribution >= 0.6 is 11.3 Å². The summed E-state index contributed by atoms with van der Waals surface area (Å²) < 4.78 is 11.2. The molecule has 0 atom stereocenters. The highest BCUT2D eigenvalue weighted by molar-refractivity contribution is 7.26. The molecule has 0 aliphatic heterocycles. The molecule has 39 heavy (non-hydrogen) atoms. The molecule has 0 bridgehead atoms. The molecule has 0 N–H and O–H groups in total. The Morgan fingerprint density at radius 1 is 0.538 bits per heavy atom. The van der Waals surface area contributed by atoms with Gasteiger partial charge < -0.3 is 4.42 Å². The van der Waals surface area contributed by atoms with Gasteiger partial charge >= 0.3 is 0 Å². The van der Waals surface area contributed by atoms with Crippen molar-refractivity contribution < 1.29 is 4.42 Å². The van der Waals surface area contributed by atoms with Crippen molar-refractivity contribution in [1.29, 1.82) is 0 Å². The van der Waals surface area contributed by atoms with Crippen LogP contribution in [-0.4, -0.2) is 14.5 Å². The van der Waals surface area contributed by atoms with Gasteiger partial charge in [0.2, 0.25) is 5.71 Å². The van der Waals surface area contributed by atoms with Gasteiger partial charge in [-0.05, 0) is 30.3 Å². The summed E-state index contributed by atoms with van der Waals surface area (Å²) in [6.45, 7) is 0. The van der Waals surface area contributed by atoms with Gasteiger partial charge in [0.05, 0.1) is 16.4 Å². The fourth-order valence-corrected chi connectivity index (χ4v) is 7.10. The number of thiophene rings is 1. The molecule has 0 radical (unpaired) electrons. The second-order valence-electron chi connectivity index (χ2n) is 9.80. The molecule has 9 aromatic rings. The molecular weight excluding hydrogens is 498 g/mol. The van der Waals surface area contributed by atoms with Crippen molar-refractivity contribution in [3.8, 4) is 17.2 Å². The Balaban J connectivity index is 1.51. The van der Waals surface area contributed by atoms with Crippen molar-refractivity contribution in [2.75, 3.05) is 0 Å². The van der Waals surface area contributed by atoms with Crippen LogP contribution in [0.1, 0.15) is 0 Å². The lowest BCUT2D eigenvalue weighted by Gasteiger charge is -2.10. The van der Waals surface area contributed by atoms with E-state index in [0.717, 1.165) is 38.8 Å². The second-order valence-corrected chi connectivity index (χ2v) is 10.9. The van der Waals surface area contributed by atoms with Crippen LogP contribution in [-0.2, 0) is 0 Å². The van der Waals surface area contributed by atoms with Gasteiger partial charge in [-0.15, -0.1) is 11.3 Å². The van der Waals surface area contributed by atoms with E-state index in [0.29, 0.717) is 11.5 Å². The van der Waals surface area contributed by atoms with Crippen LogP contribution in [0.2, 0.25) is 0 Å². The fourth-order valence-electron chi connectivity index (χ4n) is 5.99. The summed E-state index contributed by atoms with van der Waals surface area (Å²) >= 11 is 1.85. The fraction of sp³-hybridized carbons (Fsp3) is 0. The first-order valence-corrected chi connectivity index (χ1v) is 13.8. The Kier molecular flexibility index (Phi) is 4.18. The Morgan fingerprint density at radius 3 is 2.18 bits per heavy atom. The van der Waals surface area contributed by atoms with E-state index in [4.69, 9.17) is 14.4 Å². The van der Waals surface area contributed by atoms with E-state index in [2.05, 4.69) is 71.3 Å². The van der Waals surface area contributed by atoms with Crippen molar-refractivity contribution in [3.05, 3.63) is 115 Å². The van der Waals surface area contributed by atoms with Gasteiger partial charge in [-0.2, -0.15) is 4.98 Å². The van der Waals surface area contributed by atoms with Crippen LogP contribution in [0.4, 0.5) is 0 Å². The normalized spacial score (nSPS) is 12.1. The van der Waals surface area contributed by atoms with Gasteiger partial charge in [-0.1, -0.05) is 84.9 Å². The zero-order valence-corrected chi connectivity index (χ0v) is 21.4. The number of nitrogens with zero attached hydrogens (tertiary/aromatic N) is 3. The molecule has 0 fully saturated rings. The standard InChI is InChI=1S/C34H19N3OS/c1-2-10-20(11-3-1)32-35-33(31-22-13-5-8-16-26(22)38-34(31)36-32)37-24-15-7-4-12-21(24)29-25(37)18-19-28-30(29)23-14-6-9-17-27(23)39-28/h1-19H. The first-order valence-electron chi connectivity index (χ1n) is 12.9. The molecule has 0 spiro atoms. The number of aromatic nitrogens is 3. The van der Waals surface area contributed by atoms with Gasteiger partial charge in [-0.25, -0.2) is 4.98 Å². The van der Waals surface area contributed by atoms with Crippen LogP contribution in [0.5, 0.6) is 0 Å². The molecule has 5 heteroatoms. The molecule has 4 heterocycles. The Bertz CT molecular complexity index is 2400. The monoisotopic (exact) mass is 517 g/mol. The third-order valence-electron chi connectivity index (χ3n) is 7.64. The number of rotatable bonds is 2. The first kappa shape index (κ1) is 21.0. The minimum Gasteiger partial charge on any atom is -0.437 e. The Hall–Kier alpha value is -5.00. The summed E-state index contributed by atoms with van der Waals surface area (Å²) in [5.41, 5.74) is 4.58. The van der Waals surface area contributed by atoms with E-state index in [1.165, 1.54) is 30.9 Å². The average Bonchev–Trinajstić information content (AvgIpc) is 3.66. The molecule has 4 nitrogen and oxygen atoms in total. The quantitative estimate of drug-likeness (QED) is 0.229. The van der Waals surface area contributed by atoms with E-state index in [1.54, 1.807) is 0 Å². The van der Waals surface area contributed by atoms with Gasteiger partial charge in [0.25, 0.3) is 0 Å². The summed E-state index contributed by atoms with van der Waals surface area (Å²) in [4.78, 5) is 10.2. The smallest absolute Gasteiger partial charge is 0.233 e. The van der Waals surface area contributed by atoms with E-state index in [-0.39, 0.29) is 0 Å². The van der Waals surface area contributed by atoms with Crippen molar-refractivity contribution in [3.63, 3.8) is 0 Å². The van der Waals surface area contributed by atoms with E-state index < -0.39 is 0 Å². The second kappa shape index (κ2) is 7.76. The maximum Gasteiger partial charge on any atom is 0.233 e. The molecule has 4 aromatic heterocycles. The summed E-state index contributed by atoms with van der Waals surface area (Å²) in [7, 11) is 0. The Labute approximate surface area is 226 Å². The predicted octanol–water partition coefficient (Wildman–Crippen LogP) is 9.51. The predicted molar refractivity (Wildman–Crippen MR) is 162 cm³/mol. The zero-order chi connectivity index (χ0) is 25.5. The van der Waals surface area contributed by atoms with Crippen LogP contribution in [0, 0.1) is 0 Å². The molecule has 9 rings (SSSR count). The third kappa shape index (κ3) is 2.88. The SMILES string of the molecule is c1ccc(-c2nc(-n3c4ccccc4c4c5c(ccc43)sc3ccccc35)c3c(n2)oc2ccccc23)cc1. The molecule has 0 aliphatic carbocycles. The number of fused-ring (bicyclic) bond motifs is 10. The molecule has 0 amide bonds. The largest absolute Gasteiger partial charge is 0.437 e. The lowest BCUT2D eigenvalue weighted by molar-refractivity contribution is 0.653. The number of hydrogen-bond donors (Lipinski definition) is 0. The summed E-state index contributed by atoms with van der Waals surface area (Å²) in [6.07, 6.45) is 0. The molecule has 5 aromatic carbocycles. The number of para-hydroxylation sites is 2. The lowest BCUT2D eigenvalue weighted by atomic mass is 10.1. The first-order chi connectivity index (χ1) is 19.3. The van der Waals surface area contributed by atoms with Crippen molar-refractivity contribution >= 4 is 75.4 Å². The highest BCUT2D eigenvalue weighted by Crippen LogP contribution is 2.44. The van der Waals surface area contributed by atoms with Gasteiger partial charge in [0, 0.05) is 41.9 Å². The molecule has 0 saturated heterocycles. The summed E-state index contributed by atoms with van der Waals surface area (Å²) in [5.74, 6) is 1.47. The third-order valence-corrected chi connectivity index (χ3v) is 8.78. The zero-order valence-electron chi connectivity index (χ0n) is 20.6. The molecule has 0 unspecified atom stereocenters. The highest BCUT2D eigenvalue weighted by Gasteiger charge is 2.23.